The van der Waals surface area contributed by atoms with Crippen molar-refractivity contribution in [2.45, 2.75) is 45.6 Å². The number of carbonyl (C=O) groups is 2. The molecule has 1 saturated heterocycles. The van der Waals surface area contributed by atoms with Gasteiger partial charge in [0.25, 0.3) is 0 Å². The summed E-state index contributed by atoms with van der Waals surface area (Å²) in [6.07, 6.45) is 4.64. The standard InChI is InChI=1S/C15H26N2O3/c1-10-5-4-6-13(7-10)16(3)15(20)17-8-12(9-17)11(2)14(18)19/h10-13H,4-9H2,1-3H3,(H,18,19). The first-order chi connectivity index (χ1) is 9.40. The number of hydrogen-bond donors (Lipinski definition) is 1. The number of carboxylic acids is 1. The first kappa shape index (κ1) is 15.1. The quantitative estimate of drug-likeness (QED) is 0.863. The molecule has 3 unspecified atom stereocenters. The van der Waals surface area contributed by atoms with Crippen molar-refractivity contribution in [3.05, 3.63) is 0 Å². The van der Waals surface area contributed by atoms with Crippen molar-refractivity contribution in [3.63, 3.8) is 0 Å². The molecule has 0 aromatic carbocycles. The van der Waals surface area contributed by atoms with Gasteiger partial charge in [-0.25, -0.2) is 4.79 Å². The Morgan fingerprint density at radius 3 is 2.50 bits per heavy atom. The predicted molar refractivity (Wildman–Crippen MR) is 76.4 cm³/mol. The molecule has 5 heteroatoms. The maximum atomic E-state index is 12.4. The Bertz CT molecular complexity index is 379. The van der Waals surface area contributed by atoms with Crippen molar-refractivity contribution in [2.24, 2.45) is 17.8 Å². The number of amides is 2. The monoisotopic (exact) mass is 282 g/mol. The zero-order chi connectivity index (χ0) is 14.9. The highest BCUT2D eigenvalue weighted by atomic mass is 16.4. The summed E-state index contributed by atoms with van der Waals surface area (Å²) >= 11 is 0. The number of carbonyl (C=O) groups excluding carboxylic acids is 1. The number of nitrogens with zero attached hydrogens (tertiary/aromatic N) is 2. The molecule has 1 N–H and O–H groups in total. The molecule has 1 heterocycles. The molecule has 0 aromatic heterocycles. The molecule has 20 heavy (non-hydrogen) atoms. The fourth-order valence-electron chi connectivity index (χ4n) is 3.32. The van der Waals surface area contributed by atoms with E-state index in [2.05, 4.69) is 6.92 Å². The second-order valence-electron chi connectivity index (χ2n) is 6.61. The van der Waals surface area contributed by atoms with Crippen molar-refractivity contribution < 1.29 is 14.7 Å². The first-order valence-corrected chi connectivity index (χ1v) is 7.64. The summed E-state index contributed by atoms with van der Waals surface area (Å²) in [4.78, 5) is 26.9. The molecule has 1 aliphatic carbocycles. The molecule has 1 aliphatic heterocycles. The van der Waals surface area contributed by atoms with Crippen LogP contribution in [0, 0.1) is 17.8 Å². The summed E-state index contributed by atoms with van der Waals surface area (Å²) in [6, 6.07) is 0.417. The largest absolute Gasteiger partial charge is 0.481 e. The maximum Gasteiger partial charge on any atom is 0.320 e. The second-order valence-corrected chi connectivity index (χ2v) is 6.61. The minimum Gasteiger partial charge on any atom is -0.481 e. The third-order valence-corrected chi connectivity index (χ3v) is 5.04. The minimum atomic E-state index is -0.767. The van der Waals surface area contributed by atoms with Crippen LogP contribution in [0.2, 0.25) is 0 Å². The van der Waals surface area contributed by atoms with E-state index in [1.54, 1.807) is 11.8 Å². The summed E-state index contributed by atoms with van der Waals surface area (Å²) in [7, 11) is 1.89. The average molecular weight is 282 g/mol. The predicted octanol–water partition coefficient (Wildman–Crippen LogP) is 2.27. The van der Waals surface area contributed by atoms with Gasteiger partial charge in [-0.1, -0.05) is 26.7 Å². The maximum absolute atomic E-state index is 12.4. The summed E-state index contributed by atoms with van der Waals surface area (Å²) in [6.45, 7) is 5.14. The van der Waals surface area contributed by atoms with Gasteiger partial charge in [-0.15, -0.1) is 0 Å². The van der Waals surface area contributed by atoms with Gasteiger partial charge in [0.05, 0.1) is 5.92 Å². The molecule has 0 bridgehead atoms. The third kappa shape index (κ3) is 3.07. The molecular formula is C15H26N2O3. The number of carboxylic acid groups (broad SMARTS) is 1. The Labute approximate surface area is 120 Å². The van der Waals surface area contributed by atoms with Gasteiger partial charge in [0.2, 0.25) is 0 Å². The van der Waals surface area contributed by atoms with Crippen LogP contribution in [0.15, 0.2) is 0 Å². The van der Waals surface area contributed by atoms with Crippen LogP contribution >= 0.6 is 0 Å². The van der Waals surface area contributed by atoms with Gasteiger partial charge in [-0.05, 0) is 18.8 Å². The summed E-state index contributed by atoms with van der Waals surface area (Å²) in [5, 5.41) is 8.97. The van der Waals surface area contributed by atoms with Crippen molar-refractivity contribution in [1.29, 1.82) is 0 Å². The van der Waals surface area contributed by atoms with E-state index in [0.717, 1.165) is 12.8 Å². The second kappa shape index (κ2) is 6.02. The van der Waals surface area contributed by atoms with Gasteiger partial charge in [0, 0.05) is 32.1 Å². The van der Waals surface area contributed by atoms with Crippen LogP contribution in [0.25, 0.3) is 0 Å². The molecule has 3 atom stereocenters. The van der Waals surface area contributed by atoms with E-state index in [1.165, 1.54) is 12.8 Å². The van der Waals surface area contributed by atoms with Crippen LogP contribution in [0.4, 0.5) is 4.79 Å². The van der Waals surface area contributed by atoms with Crippen molar-refractivity contribution in [2.75, 3.05) is 20.1 Å². The molecule has 2 aliphatic rings. The lowest BCUT2D eigenvalue weighted by Crippen LogP contribution is -2.58. The molecular weight excluding hydrogens is 256 g/mol. The van der Waals surface area contributed by atoms with Crippen molar-refractivity contribution in [1.82, 2.24) is 9.80 Å². The molecule has 2 fully saturated rings. The molecule has 0 radical (unpaired) electrons. The number of likely N-dealkylation sites (tertiary alicyclic amines) is 1. The lowest BCUT2D eigenvalue weighted by Gasteiger charge is -2.45. The first-order valence-electron chi connectivity index (χ1n) is 7.64. The highest BCUT2D eigenvalue weighted by Gasteiger charge is 2.39. The van der Waals surface area contributed by atoms with E-state index in [0.29, 0.717) is 25.0 Å². The van der Waals surface area contributed by atoms with E-state index < -0.39 is 5.97 Å². The Balaban J connectivity index is 1.82. The van der Waals surface area contributed by atoms with E-state index in [-0.39, 0.29) is 17.9 Å². The normalized spacial score (nSPS) is 28.6. The van der Waals surface area contributed by atoms with Crippen LogP contribution in [0.3, 0.4) is 0 Å². The van der Waals surface area contributed by atoms with Gasteiger partial charge < -0.3 is 14.9 Å². The van der Waals surface area contributed by atoms with Gasteiger partial charge in [0.15, 0.2) is 0 Å². The average Bonchev–Trinajstić information content (AvgIpc) is 2.35. The van der Waals surface area contributed by atoms with Crippen LogP contribution < -0.4 is 0 Å². The van der Waals surface area contributed by atoms with Crippen molar-refractivity contribution >= 4 is 12.0 Å². The molecule has 5 nitrogen and oxygen atoms in total. The number of urea groups is 1. The van der Waals surface area contributed by atoms with Crippen LogP contribution in [-0.2, 0) is 4.79 Å². The Morgan fingerprint density at radius 1 is 1.30 bits per heavy atom. The van der Waals surface area contributed by atoms with Gasteiger partial charge in [-0.3, -0.25) is 4.79 Å². The minimum absolute atomic E-state index is 0.0675. The summed E-state index contributed by atoms with van der Waals surface area (Å²) in [5.74, 6) is -0.328. The Morgan fingerprint density at radius 2 is 1.95 bits per heavy atom. The molecule has 0 aromatic rings. The zero-order valence-electron chi connectivity index (χ0n) is 12.7. The highest BCUT2D eigenvalue weighted by Crippen LogP contribution is 2.29. The van der Waals surface area contributed by atoms with Gasteiger partial charge in [-0.2, -0.15) is 0 Å². The van der Waals surface area contributed by atoms with Crippen LogP contribution in [0.1, 0.15) is 39.5 Å². The molecule has 2 amide bonds. The zero-order valence-corrected chi connectivity index (χ0v) is 12.7. The molecule has 114 valence electrons. The lowest BCUT2D eigenvalue weighted by atomic mass is 9.85. The fourth-order valence-corrected chi connectivity index (χ4v) is 3.32. The molecule has 0 spiro atoms. The number of hydrogen-bond acceptors (Lipinski definition) is 2. The SMILES string of the molecule is CC1CCCC(N(C)C(=O)N2CC(C(C)C(=O)O)C2)C1. The third-order valence-electron chi connectivity index (χ3n) is 5.04. The van der Waals surface area contributed by atoms with E-state index >= 15 is 0 Å². The highest BCUT2D eigenvalue weighted by molar-refractivity contribution is 5.76. The van der Waals surface area contributed by atoms with Crippen LogP contribution in [0.5, 0.6) is 0 Å². The molecule has 2 rings (SSSR count). The van der Waals surface area contributed by atoms with Gasteiger partial charge in [0.1, 0.15) is 0 Å². The number of rotatable bonds is 3. The van der Waals surface area contributed by atoms with E-state index in [1.807, 2.05) is 11.9 Å². The van der Waals surface area contributed by atoms with E-state index in [4.69, 9.17) is 5.11 Å². The van der Waals surface area contributed by atoms with Gasteiger partial charge >= 0.3 is 12.0 Å². The summed E-state index contributed by atoms with van der Waals surface area (Å²) < 4.78 is 0. The van der Waals surface area contributed by atoms with Crippen LogP contribution in [-0.4, -0.2) is 53.1 Å². The summed E-state index contributed by atoms with van der Waals surface area (Å²) in [5.41, 5.74) is 0. The smallest absolute Gasteiger partial charge is 0.320 e. The Hall–Kier alpha value is -1.26. The lowest BCUT2D eigenvalue weighted by molar-refractivity contribution is -0.144. The molecule has 1 saturated carbocycles. The van der Waals surface area contributed by atoms with Crippen molar-refractivity contribution in [3.8, 4) is 0 Å². The number of aliphatic carboxylic acids is 1. The van der Waals surface area contributed by atoms with E-state index in [9.17, 15) is 9.59 Å². The fraction of sp³-hybridized carbons (Fsp3) is 0.867. The Kier molecular flexibility index (Phi) is 4.55. The topological polar surface area (TPSA) is 60.9 Å².